The van der Waals surface area contributed by atoms with Crippen molar-refractivity contribution >= 4 is 5.78 Å². The molecule has 0 heterocycles. The van der Waals surface area contributed by atoms with Gasteiger partial charge in [-0.15, -0.1) is 0 Å². The van der Waals surface area contributed by atoms with Crippen LogP contribution in [-0.4, -0.2) is 29.6 Å². The monoisotopic (exact) mass is 403 g/mol. The van der Waals surface area contributed by atoms with E-state index in [4.69, 9.17) is 0 Å². The third kappa shape index (κ3) is 3.84. The fraction of sp³-hybridized carbons (Fsp3) is 0.962. The van der Waals surface area contributed by atoms with Gasteiger partial charge in [0.15, 0.2) is 0 Å². The van der Waals surface area contributed by atoms with Gasteiger partial charge in [0.1, 0.15) is 5.78 Å². The minimum absolute atomic E-state index is 0.0124. The van der Waals surface area contributed by atoms with E-state index in [-0.39, 0.29) is 5.41 Å². The molecule has 0 amide bonds. The van der Waals surface area contributed by atoms with E-state index in [1.165, 1.54) is 51.4 Å². The summed E-state index contributed by atoms with van der Waals surface area (Å²) in [5, 5.41) is 14.9. The van der Waals surface area contributed by atoms with Gasteiger partial charge >= 0.3 is 0 Å². The fourth-order valence-corrected chi connectivity index (χ4v) is 8.25. The van der Waals surface area contributed by atoms with E-state index in [0.717, 1.165) is 57.0 Å². The summed E-state index contributed by atoms with van der Waals surface area (Å²) < 4.78 is 0. The first-order valence-corrected chi connectivity index (χ1v) is 12.8. The van der Waals surface area contributed by atoms with Crippen molar-refractivity contribution in [1.29, 1.82) is 0 Å². The van der Waals surface area contributed by atoms with E-state index in [0.29, 0.717) is 23.0 Å². The number of hydrogen-bond acceptors (Lipinski definition) is 3. The molecule has 7 atom stereocenters. The molecule has 0 aromatic carbocycles. The maximum absolute atomic E-state index is 12.6. The topological polar surface area (TPSA) is 49.3 Å². The number of carbonyl (C=O) groups is 1. The Morgan fingerprint density at radius 3 is 2.62 bits per heavy atom. The summed E-state index contributed by atoms with van der Waals surface area (Å²) in [6.45, 7) is 8.90. The van der Waals surface area contributed by atoms with E-state index in [1.807, 2.05) is 0 Å². The zero-order chi connectivity index (χ0) is 20.7. The van der Waals surface area contributed by atoms with E-state index in [2.05, 4.69) is 26.1 Å². The first kappa shape index (κ1) is 21.8. The summed E-state index contributed by atoms with van der Waals surface area (Å²) in [6, 6.07) is 0. The van der Waals surface area contributed by atoms with Gasteiger partial charge < -0.3 is 10.4 Å². The van der Waals surface area contributed by atoms with Crippen LogP contribution < -0.4 is 5.32 Å². The van der Waals surface area contributed by atoms with Crippen LogP contribution in [0.15, 0.2) is 0 Å². The van der Waals surface area contributed by atoms with Gasteiger partial charge in [0, 0.05) is 18.4 Å². The highest BCUT2D eigenvalue weighted by molar-refractivity contribution is 5.87. The molecule has 4 fully saturated rings. The maximum atomic E-state index is 12.6. The third-order valence-corrected chi connectivity index (χ3v) is 10.2. The summed E-state index contributed by atoms with van der Waals surface area (Å²) >= 11 is 0. The third-order valence-electron chi connectivity index (χ3n) is 10.2. The molecule has 4 rings (SSSR count). The molecule has 0 unspecified atom stereocenters. The number of nitrogens with one attached hydrogen (secondary N) is 1. The molecule has 0 aromatic rings. The van der Waals surface area contributed by atoms with Crippen molar-refractivity contribution in [1.82, 2.24) is 5.32 Å². The van der Waals surface area contributed by atoms with E-state index in [1.54, 1.807) is 0 Å². The Balaban J connectivity index is 1.37. The first-order chi connectivity index (χ1) is 13.8. The van der Waals surface area contributed by atoms with Crippen molar-refractivity contribution < 1.29 is 9.90 Å². The van der Waals surface area contributed by atoms with Crippen molar-refractivity contribution in [3.05, 3.63) is 0 Å². The predicted octanol–water partition coefficient (Wildman–Crippen LogP) is 5.50. The van der Waals surface area contributed by atoms with Crippen molar-refractivity contribution in [2.75, 3.05) is 13.1 Å². The Bertz CT molecular complexity index is 606. The fourth-order valence-electron chi connectivity index (χ4n) is 8.25. The lowest BCUT2D eigenvalue weighted by Gasteiger charge is -2.61. The van der Waals surface area contributed by atoms with Gasteiger partial charge in [-0.2, -0.15) is 0 Å². The second-order valence-electron chi connectivity index (χ2n) is 11.7. The summed E-state index contributed by atoms with van der Waals surface area (Å²) in [6.07, 6.45) is 15.1. The quantitative estimate of drug-likeness (QED) is 0.552. The molecule has 4 aliphatic rings. The molecule has 4 aliphatic carbocycles. The highest BCUT2D eigenvalue weighted by Gasteiger charge is 2.61. The second kappa shape index (κ2) is 8.26. The van der Waals surface area contributed by atoms with E-state index >= 15 is 0 Å². The molecule has 0 aromatic heterocycles. The molecule has 4 saturated carbocycles. The molecular weight excluding hydrogens is 358 g/mol. The lowest BCUT2D eigenvalue weighted by Crippen LogP contribution is -2.57. The first-order valence-electron chi connectivity index (χ1n) is 12.8. The SMILES string of the molecule is CCCCCCNC[C@@]1(O)CC[C@@]2(C)[C@@H](CC[C@@H]3[C@@H]2CC[C@]2(C)C(=O)CC[C@@H]32)C1. The van der Waals surface area contributed by atoms with Crippen molar-refractivity contribution in [3.63, 3.8) is 0 Å². The summed E-state index contributed by atoms with van der Waals surface area (Å²) in [5.74, 6) is 3.38. The molecule has 0 radical (unpaired) electrons. The molecular formula is C26H45NO2. The zero-order valence-electron chi connectivity index (χ0n) is 19.3. The minimum Gasteiger partial charge on any atom is -0.389 e. The molecule has 0 saturated heterocycles. The lowest BCUT2D eigenvalue weighted by molar-refractivity contribution is -0.153. The number of Topliss-reactive ketones (excluding diaryl/α,β-unsaturated/α-hetero) is 1. The normalized spacial score (nSPS) is 46.8. The van der Waals surface area contributed by atoms with Gasteiger partial charge in [-0.3, -0.25) is 4.79 Å². The van der Waals surface area contributed by atoms with Crippen molar-refractivity contribution in [3.8, 4) is 0 Å². The summed E-state index contributed by atoms with van der Waals surface area (Å²) in [4.78, 5) is 12.6. The van der Waals surface area contributed by atoms with E-state index < -0.39 is 5.60 Å². The van der Waals surface area contributed by atoms with Crippen LogP contribution in [-0.2, 0) is 4.79 Å². The number of ketones is 1. The Kier molecular flexibility index (Phi) is 6.21. The van der Waals surface area contributed by atoms with Gasteiger partial charge in [-0.25, -0.2) is 0 Å². The van der Waals surface area contributed by atoms with Gasteiger partial charge in [0.2, 0.25) is 0 Å². The van der Waals surface area contributed by atoms with E-state index in [9.17, 15) is 9.90 Å². The molecule has 2 N–H and O–H groups in total. The Labute approximate surface area is 178 Å². The molecule has 29 heavy (non-hydrogen) atoms. The smallest absolute Gasteiger partial charge is 0.139 e. The van der Waals surface area contributed by atoms with Crippen LogP contribution in [0.2, 0.25) is 0 Å². The highest BCUT2D eigenvalue weighted by atomic mass is 16.3. The highest BCUT2D eigenvalue weighted by Crippen LogP contribution is 2.66. The average molecular weight is 404 g/mol. The number of rotatable bonds is 7. The van der Waals surface area contributed by atoms with Crippen LogP contribution in [0.5, 0.6) is 0 Å². The number of aliphatic hydroxyl groups is 1. The number of unbranched alkanes of at least 4 members (excludes halogenated alkanes) is 3. The van der Waals surface area contributed by atoms with Crippen LogP contribution in [0.3, 0.4) is 0 Å². The minimum atomic E-state index is -0.506. The van der Waals surface area contributed by atoms with Gasteiger partial charge in [-0.05, 0) is 93.4 Å². The van der Waals surface area contributed by atoms with Gasteiger partial charge in [0.05, 0.1) is 5.60 Å². The Morgan fingerprint density at radius 1 is 1.00 bits per heavy atom. The van der Waals surface area contributed by atoms with Crippen LogP contribution >= 0.6 is 0 Å². The molecule has 3 nitrogen and oxygen atoms in total. The van der Waals surface area contributed by atoms with Gasteiger partial charge in [0.25, 0.3) is 0 Å². The standard InChI is InChI=1S/C26H45NO2/c1-4-5-6-7-16-27-18-26(29)15-14-24(2)19(17-26)8-9-20-21-10-11-23(28)25(21,3)13-12-22(20)24/h19-22,27,29H,4-18H2,1-3H3/t19-,20-,21-,22-,24-,25-,26+/m0/s1. The zero-order valence-corrected chi connectivity index (χ0v) is 19.3. The lowest BCUT2D eigenvalue weighted by atomic mass is 9.44. The average Bonchev–Trinajstić information content (AvgIpc) is 3.00. The summed E-state index contributed by atoms with van der Waals surface area (Å²) in [5.41, 5.74) is -0.140. The van der Waals surface area contributed by atoms with Crippen LogP contribution in [0.25, 0.3) is 0 Å². The molecule has 166 valence electrons. The second-order valence-corrected chi connectivity index (χ2v) is 11.7. The molecule has 0 bridgehead atoms. The number of hydrogen-bond donors (Lipinski definition) is 2. The predicted molar refractivity (Wildman–Crippen MR) is 119 cm³/mol. The largest absolute Gasteiger partial charge is 0.389 e. The van der Waals surface area contributed by atoms with Crippen LogP contribution in [0, 0.1) is 34.5 Å². The molecule has 3 heteroatoms. The Morgan fingerprint density at radius 2 is 1.83 bits per heavy atom. The molecule has 0 spiro atoms. The van der Waals surface area contributed by atoms with Crippen molar-refractivity contribution in [2.45, 2.75) is 110 Å². The summed E-state index contributed by atoms with van der Waals surface area (Å²) in [7, 11) is 0. The molecule has 0 aliphatic heterocycles. The van der Waals surface area contributed by atoms with Crippen LogP contribution in [0.4, 0.5) is 0 Å². The number of carbonyl (C=O) groups excluding carboxylic acids is 1. The van der Waals surface area contributed by atoms with Crippen molar-refractivity contribution in [2.24, 2.45) is 34.5 Å². The number of fused-ring (bicyclic) bond motifs is 5. The van der Waals surface area contributed by atoms with Crippen LogP contribution in [0.1, 0.15) is 104 Å². The Hall–Kier alpha value is -0.410. The van der Waals surface area contributed by atoms with Gasteiger partial charge in [-0.1, -0.05) is 40.0 Å². The maximum Gasteiger partial charge on any atom is 0.139 e.